The Kier molecular flexibility index (Phi) is 7.21. The monoisotopic (exact) mass is 241 g/mol. The second-order valence-corrected chi connectivity index (χ2v) is 4.70. The van der Waals surface area contributed by atoms with Gasteiger partial charge in [-0.1, -0.05) is 13.8 Å². The number of hydrogen-bond acceptors (Lipinski definition) is 3. The predicted molar refractivity (Wildman–Crippen MR) is 71.0 cm³/mol. The van der Waals surface area contributed by atoms with Gasteiger partial charge in [0.15, 0.2) is 0 Å². The zero-order chi connectivity index (χ0) is 12.5. The van der Waals surface area contributed by atoms with E-state index in [1.54, 1.807) is 0 Å². The van der Waals surface area contributed by atoms with Crippen molar-refractivity contribution in [2.45, 2.75) is 33.1 Å². The largest absolute Gasteiger partial charge is 0.356 e. The van der Waals surface area contributed by atoms with Crippen LogP contribution in [-0.4, -0.2) is 50.1 Å². The van der Waals surface area contributed by atoms with E-state index in [4.69, 9.17) is 0 Å². The maximum absolute atomic E-state index is 11.8. The molecule has 0 bridgehead atoms. The molecule has 1 heterocycles. The highest BCUT2D eigenvalue weighted by atomic mass is 16.1. The molecule has 1 fully saturated rings. The molecule has 4 heteroatoms. The number of amides is 1. The summed E-state index contributed by atoms with van der Waals surface area (Å²) in [6.07, 6.45) is 3.03. The minimum atomic E-state index is 0.240. The summed E-state index contributed by atoms with van der Waals surface area (Å²) in [7, 11) is 0. The first kappa shape index (κ1) is 14.5. The Morgan fingerprint density at radius 3 is 2.53 bits per heavy atom. The van der Waals surface area contributed by atoms with Crippen LogP contribution in [0.25, 0.3) is 0 Å². The standard InChI is InChI=1S/C13H27N3O/c1-3-16(4-2)11-5-8-15-13(17)12-6-9-14-10-7-12/h12,14H,3-11H2,1-2H3,(H,15,17). The van der Waals surface area contributed by atoms with E-state index in [2.05, 4.69) is 29.4 Å². The minimum absolute atomic E-state index is 0.240. The number of carbonyl (C=O) groups excluding carboxylic acids is 1. The van der Waals surface area contributed by atoms with E-state index in [1.165, 1.54) is 0 Å². The van der Waals surface area contributed by atoms with Gasteiger partial charge in [0, 0.05) is 12.5 Å². The third-order valence-electron chi connectivity index (χ3n) is 3.55. The normalized spacial score (nSPS) is 17.4. The van der Waals surface area contributed by atoms with E-state index >= 15 is 0 Å². The summed E-state index contributed by atoms with van der Waals surface area (Å²) >= 11 is 0. The van der Waals surface area contributed by atoms with Crippen LogP contribution in [0.5, 0.6) is 0 Å². The fourth-order valence-corrected chi connectivity index (χ4v) is 2.28. The van der Waals surface area contributed by atoms with Gasteiger partial charge in [0.05, 0.1) is 0 Å². The Balaban J connectivity index is 2.07. The molecule has 1 rings (SSSR count). The number of carbonyl (C=O) groups is 1. The molecule has 1 aliphatic rings. The second kappa shape index (κ2) is 8.48. The van der Waals surface area contributed by atoms with Crippen molar-refractivity contribution < 1.29 is 4.79 Å². The smallest absolute Gasteiger partial charge is 0.223 e. The first-order valence-electron chi connectivity index (χ1n) is 6.98. The number of nitrogens with zero attached hydrogens (tertiary/aromatic N) is 1. The van der Waals surface area contributed by atoms with E-state index in [-0.39, 0.29) is 11.8 Å². The summed E-state index contributed by atoms with van der Waals surface area (Å²) < 4.78 is 0. The highest BCUT2D eigenvalue weighted by molar-refractivity contribution is 5.78. The molecular weight excluding hydrogens is 214 g/mol. The zero-order valence-electron chi connectivity index (χ0n) is 11.3. The number of piperidine rings is 1. The Morgan fingerprint density at radius 2 is 1.94 bits per heavy atom. The number of nitrogens with one attached hydrogen (secondary N) is 2. The van der Waals surface area contributed by atoms with Gasteiger partial charge in [-0.15, -0.1) is 0 Å². The van der Waals surface area contributed by atoms with Crippen molar-refractivity contribution in [1.82, 2.24) is 15.5 Å². The number of rotatable bonds is 7. The van der Waals surface area contributed by atoms with Crippen LogP contribution in [-0.2, 0) is 4.79 Å². The summed E-state index contributed by atoms with van der Waals surface area (Å²) in [5.41, 5.74) is 0. The van der Waals surface area contributed by atoms with Crippen molar-refractivity contribution in [3.05, 3.63) is 0 Å². The zero-order valence-corrected chi connectivity index (χ0v) is 11.3. The highest BCUT2D eigenvalue weighted by Crippen LogP contribution is 2.11. The van der Waals surface area contributed by atoms with Crippen molar-refractivity contribution in [2.24, 2.45) is 5.92 Å². The Morgan fingerprint density at radius 1 is 1.29 bits per heavy atom. The third kappa shape index (κ3) is 5.50. The van der Waals surface area contributed by atoms with E-state index in [0.29, 0.717) is 0 Å². The Hall–Kier alpha value is -0.610. The van der Waals surface area contributed by atoms with Crippen molar-refractivity contribution in [3.8, 4) is 0 Å². The SMILES string of the molecule is CCN(CC)CCCNC(=O)C1CCNCC1. The fourth-order valence-electron chi connectivity index (χ4n) is 2.28. The highest BCUT2D eigenvalue weighted by Gasteiger charge is 2.19. The Bertz CT molecular complexity index is 211. The van der Waals surface area contributed by atoms with Crippen LogP contribution in [0.1, 0.15) is 33.1 Å². The second-order valence-electron chi connectivity index (χ2n) is 4.70. The molecule has 1 amide bonds. The summed E-state index contributed by atoms with van der Waals surface area (Å²) in [5.74, 6) is 0.496. The van der Waals surface area contributed by atoms with Gasteiger partial charge < -0.3 is 15.5 Å². The molecule has 1 aliphatic heterocycles. The molecule has 0 spiro atoms. The molecule has 100 valence electrons. The molecule has 4 nitrogen and oxygen atoms in total. The lowest BCUT2D eigenvalue weighted by Crippen LogP contribution is -2.39. The minimum Gasteiger partial charge on any atom is -0.356 e. The van der Waals surface area contributed by atoms with E-state index < -0.39 is 0 Å². The molecule has 17 heavy (non-hydrogen) atoms. The molecule has 1 saturated heterocycles. The van der Waals surface area contributed by atoms with Gasteiger partial charge in [-0.2, -0.15) is 0 Å². The van der Waals surface area contributed by atoms with Crippen molar-refractivity contribution >= 4 is 5.91 Å². The van der Waals surface area contributed by atoms with Gasteiger partial charge in [0.1, 0.15) is 0 Å². The maximum Gasteiger partial charge on any atom is 0.223 e. The fraction of sp³-hybridized carbons (Fsp3) is 0.923. The van der Waals surface area contributed by atoms with Gasteiger partial charge in [0.2, 0.25) is 5.91 Å². The molecule has 0 aromatic carbocycles. The van der Waals surface area contributed by atoms with Gasteiger partial charge in [0.25, 0.3) is 0 Å². The molecule has 2 N–H and O–H groups in total. The molecule has 0 saturated carbocycles. The van der Waals surface area contributed by atoms with E-state index in [1.807, 2.05) is 0 Å². The first-order chi connectivity index (χ1) is 8.27. The lowest BCUT2D eigenvalue weighted by atomic mass is 9.97. The summed E-state index contributed by atoms with van der Waals surface area (Å²) in [6.45, 7) is 10.4. The first-order valence-corrected chi connectivity index (χ1v) is 6.98. The molecule has 0 atom stereocenters. The van der Waals surface area contributed by atoms with Crippen LogP contribution < -0.4 is 10.6 Å². The van der Waals surface area contributed by atoms with Crippen molar-refractivity contribution in [2.75, 3.05) is 39.3 Å². The summed E-state index contributed by atoms with van der Waals surface area (Å²) in [5, 5.41) is 6.34. The quantitative estimate of drug-likeness (QED) is 0.649. The molecule has 0 aliphatic carbocycles. The van der Waals surface area contributed by atoms with Crippen molar-refractivity contribution in [1.29, 1.82) is 0 Å². The van der Waals surface area contributed by atoms with E-state index in [9.17, 15) is 4.79 Å². The third-order valence-corrected chi connectivity index (χ3v) is 3.55. The molecule has 0 aromatic heterocycles. The molecule has 0 unspecified atom stereocenters. The lowest BCUT2D eigenvalue weighted by Gasteiger charge is -2.22. The average molecular weight is 241 g/mol. The van der Waals surface area contributed by atoms with Gasteiger partial charge in [-0.25, -0.2) is 0 Å². The lowest BCUT2D eigenvalue weighted by molar-refractivity contribution is -0.125. The van der Waals surface area contributed by atoms with Crippen LogP contribution in [0.15, 0.2) is 0 Å². The van der Waals surface area contributed by atoms with E-state index in [0.717, 1.165) is 58.5 Å². The van der Waals surface area contributed by atoms with Gasteiger partial charge in [-0.05, 0) is 52.0 Å². The van der Waals surface area contributed by atoms with Crippen LogP contribution in [0, 0.1) is 5.92 Å². The topological polar surface area (TPSA) is 44.4 Å². The van der Waals surface area contributed by atoms with Gasteiger partial charge >= 0.3 is 0 Å². The van der Waals surface area contributed by atoms with Crippen LogP contribution in [0.3, 0.4) is 0 Å². The molecular formula is C13H27N3O. The van der Waals surface area contributed by atoms with Gasteiger partial charge in [-0.3, -0.25) is 4.79 Å². The summed E-state index contributed by atoms with van der Waals surface area (Å²) in [4.78, 5) is 14.2. The van der Waals surface area contributed by atoms with Crippen LogP contribution >= 0.6 is 0 Å². The van der Waals surface area contributed by atoms with Crippen LogP contribution in [0.2, 0.25) is 0 Å². The summed E-state index contributed by atoms with van der Waals surface area (Å²) in [6, 6.07) is 0. The number of hydrogen-bond donors (Lipinski definition) is 2. The molecule has 0 radical (unpaired) electrons. The van der Waals surface area contributed by atoms with Crippen molar-refractivity contribution in [3.63, 3.8) is 0 Å². The van der Waals surface area contributed by atoms with Crippen LogP contribution in [0.4, 0.5) is 0 Å². The Labute approximate surface area is 105 Å². The molecule has 0 aromatic rings. The average Bonchev–Trinajstić information content (AvgIpc) is 2.40. The maximum atomic E-state index is 11.8. The predicted octanol–water partition coefficient (Wildman–Crippen LogP) is 0.834.